The van der Waals surface area contributed by atoms with E-state index in [1.165, 1.54) is 0 Å². The Morgan fingerprint density at radius 2 is 2.00 bits per heavy atom. The largest absolute Gasteiger partial charge is 0.374 e. The number of hydrogen-bond donors (Lipinski definition) is 1. The zero-order valence-electron chi connectivity index (χ0n) is 8.83. The first-order valence-corrected chi connectivity index (χ1v) is 5.16. The van der Waals surface area contributed by atoms with Crippen molar-refractivity contribution in [3.63, 3.8) is 0 Å². The van der Waals surface area contributed by atoms with Crippen LogP contribution in [0, 0.1) is 0 Å². The molecule has 0 radical (unpaired) electrons. The lowest BCUT2D eigenvalue weighted by molar-refractivity contribution is 0.129. The van der Waals surface area contributed by atoms with Gasteiger partial charge in [-0.05, 0) is 13.0 Å². The van der Waals surface area contributed by atoms with Crippen molar-refractivity contribution in [3.05, 3.63) is 36.8 Å². The Bertz CT molecular complexity index is 657. The summed E-state index contributed by atoms with van der Waals surface area (Å²) in [5.74, 6) is 0. The maximum Gasteiger partial charge on any atom is 0.129 e. The standard InChI is InChI=1S/C12H11N3O/c1-8(16)15-7-14-11-6-13-10-5-3-2-4-9(10)12(11)15/h2-8,16H,1H3. The molecule has 16 heavy (non-hydrogen) atoms. The number of aromatic nitrogens is 3. The first kappa shape index (κ1) is 9.30. The third-order valence-corrected chi connectivity index (χ3v) is 2.71. The van der Waals surface area contributed by atoms with Gasteiger partial charge in [-0.3, -0.25) is 4.98 Å². The molecule has 1 N–H and O–H groups in total. The van der Waals surface area contributed by atoms with Gasteiger partial charge in [0.2, 0.25) is 0 Å². The normalized spacial score (nSPS) is 13.4. The molecule has 3 rings (SSSR count). The fraction of sp³-hybridized carbons (Fsp3) is 0.167. The lowest BCUT2D eigenvalue weighted by atomic mass is 10.2. The van der Waals surface area contributed by atoms with Crippen LogP contribution in [0.15, 0.2) is 36.8 Å². The minimum absolute atomic E-state index is 0.587. The van der Waals surface area contributed by atoms with E-state index in [2.05, 4.69) is 9.97 Å². The number of aliphatic hydroxyl groups excluding tert-OH is 1. The van der Waals surface area contributed by atoms with Gasteiger partial charge in [0.05, 0.1) is 23.6 Å². The highest BCUT2D eigenvalue weighted by atomic mass is 16.3. The molecule has 0 aliphatic heterocycles. The Labute approximate surface area is 92.2 Å². The van der Waals surface area contributed by atoms with Crippen LogP contribution in [0.3, 0.4) is 0 Å². The Hall–Kier alpha value is -1.94. The molecule has 0 aliphatic rings. The lowest BCUT2D eigenvalue weighted by Crippen LogP contribution is -2.01. The summed E-state index contributed by atoms with van der Waals surface area (Å²) < 4.78 is 1.75. The maximum atomic E-state index is 9.67. The number of hydrogen-bond acceptors (Lipinski definition) is 3. The molecule has 0 amide bonds. The van der Waals surface area contributed by atoms with E-state index in [-0.39, 0.29) is 0 Å². The van der Waals surface area contributed by atoms with Gasteiger partial charge in [0.25, 0.3) is 0 Å². The SMILES string of the molecule is CC(O)n1cnc2cnc3ccccc3c21. The molecule has 0 saturated carbocycles. The highest BCUT2D eigenvalue weighted by Gasteiger charge is 2.10. The van der Waals surface area contributed by atoms with Crippen molar-refractivity contribution >= 4 is 21.9 Å². The van der Waals surface area contributed by atoms with Crippen LogP contribution in [-0.4, -0.2) is 19.6 Å². The van der Waals surface area contributed by atoms with E-state index in [4.69, 9.17) is 0 Å². The minimum Gasteiger partial charge on any atom is -0.374 e. The number of para-hydroxylation sites is 1. The molecule has 0 aliphatic carbocycles. The monoisotopic (exact) mass is 213 g/mol. The summed E-state index contributed by atoms with van der Waals surface area (Å²) in [6.45, 7) is 1.72. The number of rotatable bonds is 1. The van der Waals surface area contributed by atoms with Crippen LogP contribution < -0.4 is 0 Å². The lowest BCUT2D eigenvalue weighted by Gasteiger charge is -2.08. The van der Waals surface area contributed by atoms with Crippen LogP contribution in [0.5, 0.6) is 0 Å². The van der Waals surface area contributed by atoms with Crippen LogP contribution in [0.2, 0.25) is 0 Å². The van der Waals surface area contributed by atoms with Gasteiger partial charge >= 0.3 is 0 Å². The molecule has 1 aromatic carbocycles. The smallest absolute Gasteiger partial charge is 0.129 e. The summed E-state index contributed by atoms with van der Waals surface area (Å²) >= 11 is 0. The zero-order chi connectivity index (χ0) is 11.1. The second-order valence-electron chi connectivity index (χ2n) is 3.79. The molecule has 80 valence electrons. The summed E-state index contributed by atoms with van der Waals surface area (Å²) in [7, 11) is 0. The van der Waals surface area contributed by atoms with Gasteiger partial charge in [0.1, 0.15) is 11.7 Å². The fourth-order valence-corrected chi connectivity index (χ4v) is 1.95. The number of aliphatic hydroxyl groups is 1. The van der Waals surface area contributed by atoms with Crippen LogP contribution in [0.4, 0.5) is 0 Å². The molecule has 3 aromatic rings. The Morgan fingerprint density at radius 3 is 2.81 bits per heavy atom. The minimum atomic E-state index is -0.587. The van der Waals surface area contributed by atoms with E-state index < -0.39 is 6.23 Å². The maximum absolute atomic E-state index is 9.67. The molecular formula is C12H11N3O. The zero-order valence-corrected chi connectivity index (χ0v) is 8.83. The summed E-state index contributed by atoms with van der Waals surface area (Å²) in [5.41, 5.74) is 2.65. The van der Waals surface area contributed by atoms with E-state index in [0.29, 0.717) is 0 Å². The quantitative estimate of drug-likeness (QED) is 0.673. The van der Waals surface area contributed by atoms with Gasteiger partial charge in [0, 0.05) is 5.39 Å². The first-order valence-electron chi connectivity index (χ1n) is 5.16. The molecule has 0 saturated heterocycles. The topological polar surface area (TPSA) is 50.9 Å². The molecule has 4 nitrogen and oxygen atoms in total. The number of imidazole rings is 1. The predicted molar refractivity (Wildman–Crippen MR) is 62.0 cm³/mol. The van der Waals surface area contributed by atoms with Crippen LogP contribution in [0.1, 0.15) is 13.2 Å². The molecule has 0 spiro atoms. The highest BCUT2D eigenvalue weighted by Crippen LogP contribution is 2.24. The van der Waals surface area contributed by atoms with Gasteiger partial charge in [-0.2, -0.15) is 0 Å². The summed E-state index contributed by atoms with van der Waals surface area (Å²) in [5, 5.41) is 10.7. The van der Waals surface area contributed by atoms with Crippen LogP contribution in [-0.2, 0) is 0 Å². The Kier molecular flexibility index (Phi) is 1.91. The Morgan fingerprint density at radius 1 is 1.19 bits per heavy atom. The second kappa shape index (κ2) is 3.28. The van der Waals surface area contributed by atoms with E-state index in [0.717, 1.165) is 21.9 Å². The van der Waals surface area contributed by atoms with Crippen LogP contribution in [0.25, 0.3) is 21.9 Å². The van der Waals surface area contributed by atoms with Gasteiger partial charge in [-0.1, -0.05) is 18.2 Å². The van der Waals surface area contributed by atoms with Crippen LogP contribution >= 0.6 is 0 Å². The number of nitrogens with zero attached hydrogens (tertiary/aromatic N) is 3. The van der Waals surface area contributed by atoms with Gasteiger partial charge < -0.3 is 9.67 Å². The van der Waals surface area contributed by atoms with Gasteiger partial charge in [-0.15, -0.1) is 0 Å². The average Bonchev–Trinajstić information content (AvgIpc) is 2.73. The molecule has 2 heterocycles. The summed E-state index contributed by atoms with van der Waals surface area (Å²) in [4.78, 5) is 8.56. The summed E-state index contributed by atoms with van der Waals surface area (Å²) in [6, 6.07) is 7.85. The van der Waals surface area contributed by atoms with E-state index >= 15 is 0 Å². The summed E-state index contributed by atoms with van der Waals surface area (Å²) in [6.07, 6.45) is 2.79. The number of fused-ring (bicyclic) bond motifs is 3. The molecule has 0 bridgehead atoms. The van der Waals surface area contributed by atoms with Crippen molar-refractivity contribution < 1.29 is 5.11 Å². The third kappa shape index (κ3) is 1.20. The first-order chi connectivity index (χ1) is 7.77. The number of benzene rings is 1. The van der Waals surface area contributed by atoms with E-state index in [1.54, 1.807) is 24.0 Å². The molecule has 2 aromatic heterocycles. The highest BCUT2D eigenvalue weighted by molar-refractivity contribution is 6.01. The van der Waals surface area contributed by atoms with Crippen molar-refractivity contribution in [2.45, 2.75) is 13.2 Å². The number of pyridine rings is 1. The molecule has 4 heteroatoms. The molecule has 1 atom stereocenters. The predicted octanol–water partition coefficient (Wildman–Crippen LogP) is 2.10. The van der Waals surface area contributed by atoms with Crippen molar-refractivity contribution in [3.8, 4) is 0 Å². The van der Waals surface area contributed by atoms with Gasteiger partial charge in [0.15, 0.2) is 0 Å². The van der Waals surface area contributed by atoms with Gasteiger partial charge in [-0.25, -0.2) is 4.98 Å². The van der Waals surface area contributed by atoms with Crippen molar-refractivity contribution in [2.24, 2.45) is 0 Å². The Balaban J connectivity index is 2.52. The molecular weight excluding hydrogens is 202 g/mol. The van der Waals surface area contributed by atoms with Crippen molar-refractivity contribution in [2.75, 3.05) is 0 Å². The second-order valence-corrected chi connectivity index (χ2v) is 3.79. The third-order valence-electron chi connectivity index (χ3n) is 2.71. The van der Waals surface area contributed by atoms with Crippen molar-refractivity contribution in [1.82, 2.24) is 14.5 Å². The molecule has 0 fully saturated rings. The molecule has 1 unspecified atom stereocenters. The van der Waals surface area contributed by atoms with E-state index in [1.807, 2.05) is 24.3 Å². The average molecular weight is 213 g/mol. The van der Waals surface area contributed by atoms with E-state index in [9.17, 15) is 5.11 Å². The fourth-order valence-electron chi connectivity index (χ4n) is 1.95. The van der Waals surface area contributed by atoms with Crippen molar-refractivity contribution in [1.29, 1.82) is 0 Å².